The highest BCUT2D eigenvalue weighted by molar-refractivity contribution is 5.20. The summed E-state index contributed by atoms with van der Waals surface area (Å²) in [6.45, 7) is 9.13. The molecule has 1 spiro atoms. The molecule has 0 aromatic carbocycles. The van der Waals surface area contributed by atoms with Crippen LogP contribution >= 0.6 is 0 Å². The fourth-order valence-electron chi connectivity index (χ4n) is 5.28. The highest BCUT2D eigenvalue weighted by Crippen LogP contribution is 2.67. The lowest BCUT2D eigenvalue weighted by molar-refractivity contribution is -0.282. The van der Waals surface area contributed by atoms with Crippen molar-refractivity contribution in [3.05, 3.63) is 0 Å². The second-order valence-corrected chi connectivity index (χ2v) is 7.81. The molecule has 4 atom stereocenters. The zero-order valence-electron chi connectivity index (χ0n) is 11.7. The van der Waals surface area contributed by atoms with Crippen molar-refractivity contribution in [2.24, 2.45) is 10.8 Å². The summed E-state index contributed by atoms with van der Waals surface area (Å²) in [7, 11) is 0. The largest absolute Gasteiger partial charge is 0.390 e. The maximum atomic E-state index is 10.7. The van der Waals surface area contributed by atoms with E-state index in [9.17, 15) is 5.11 Å². The Morgan fingerprint density at radius 2 is 1.71 bits per heavy atom. The summed E-state index contributed by atoms with van der Waals surface area (Å²) in [5.41, 5.74) is -0.111. The van der Waals surface area contributed by atoms with Crippen LogP contribution < -0.4 is 0 Å². The molecule has 0 aromatic heterocycles. The van der Waals surface area contributed by atoms with Crippen molar-refractivity contribution in [2.75, 3.05) is 0 Å². The third kappa shape index (κ3) is 1.24. The van der Waals surface area contributed by atoms with Gasteiger partial charge in [-0.25, -0.2) is 0 Å². The minimum Gasteiger partial charge on any atom is -0.390 e. The van der Waals surface area contributed by atoms with Crippen LogP contribution in [0.15, 0.2) is 0 Å². The molecule has 0 radical (unpaired) electrons. The maximum absolute atomic E-state index is 10.7. The van der Waals surface area contributed by atoms with E-state index in [0.717, 1.165) is 12.8 Å². The molecule has 17 heavy (non-hydrogen) atoms. The van der Waals surface area contributed by atoms with Gasteiger partial charge >= 0.3 is 0 Å². The average Bonchev–Trinajstić information content (AvgIpc) is 2.44. The first kappa shape index (κ1) is 12.0. The summed E-state index contributed by atoms with van der Waals surface area (Å²) < 4.78 is 6.56. The van der Waals surface area contributed by atoms with Gasteiger partial charge in [-0.1, -0.05) is 27.2 Å². The van der Waals surface area contributed by atoms with Gasteiger partial charge in [-0.05, 0) is 43.4 Å². The van der Waals surface area contributed by atoms with E-state index in [2.05, 4.69) is 27.7 Å². The van der Waals surface area contributed by atoms with E-state index >= 15 is 0 Å². The molecule has 3 aliphatic rings. The second-order valence-electron chi connectivity index (χ2n) is 7.81. The molecule has 1 aliphatic carbocycles. The molecule has 2 bridgehead atoms. The minimum atomic E-state index is -0.300. The predicted molar refractivity (Wildman–Crippen MR) is 67.8 cm³/mol. The smallest absolute Gasteiger partial charge is 0.105 e. The van der Waals surface area contributed by atoms with Gasteiger partial charge in [0, 0.05) is 6.42 Å². The lowest BCUT2D eigenvalue weighted by Gasteiger charge is -2.62. The molecule has 3 fully saturated rings. The lowest BCUT2D eigenvalue weighted by Crippen LogP contribution is -2.66. The van der Waals surface area contributed by atoms with Gasteiger partial charge in [0.25, 0.3) is 0 Å². The molecule has 98 valence electrons. The Kier molecular flexibility index (Phi) is 2.17. The first-order valence-corrected chi connectivity index (χ1v) is 7.13. The molecule has 1 saturated carbocycles. The zero-order chi connectivity index (χ0) is 12.5. The Hall–Kier alpha value is -0.0800. The van der Waals surface area contributed by atoms with Crippen LogP contribution in [-0.2, 0) is 4.74 Å². The van der Waals surface area contributed by atoms with Gasteiger partial charge in [0.2, 0.25) is 0 Å². The number of aliphatic hydroxyl groups excluding tert-OH is 1. The molecule has 2 heterocycles. The van der Waals surface area contributed by atoms with Crippen LogP contribution in [0.25, 0.3) is 0 Å². The molecule has 1 N–H and O–H groups in total. The van der Waals surface area contributed by atoms with E-state index in [-0.39, 0.29) is 28.1 Å². The molecule has 4 unspecified atom stereocenters. The summed E-state index contributed by atoms with van der Waals surface area (Å²) in [5.74, 6) is 0. The van der Waals surface area contributed by atoms with Crippen molar-refractivity contribution in [1.29, 1.82) is 0 Å². The van der Waals surface area contributed by atoms with Crippen molar-refractivity contribution >= 4 is 0 Å². The van der Waals surface area contributed by atoms with E-state index in [1.807, 2.05) is 0 Å². The van der Waals surface area contributed by atoms with Crippen LogP contribution in [-0.4, -0.2) is 22.4 Å². The molecular weight excluding hydrogens is 212 g/mol. The molecular formula is C15H26O2. The number of hydrogen-bond acceptors (Lipinski definition) is 2. The van der Waals surface area contributed by atoms with Crippen molar-refractivity contribution in [3.63, 3.8) is 0 Å². The zero-order valence-corrected chi connectivity index (χ0v) is 11.7. The van der Waals surface area contributed by atoms with Gasteiger partial charge < -0.3 is 9.84 Å². The number of rotatable bonds is 0. The van der Waals surface area contributed by atoms with E-state index in [4.69, 9.17) is 4.74 Å². The van der Waals surface area contributed by atoms with Gasteiger partial charge in [-0.2, -0.15) is 0 Å². The maximum Gasteiger partial charge on any atom is 0.105 e. The Morgan fingerprint density at radius 3 is 2.41 bits per heavy atom. The summed E-state index contributed by atoms with van der Waals surface area (Å²) in [6.07, 6.45) is 6.53. The van der Waals surface area contributed by atoms with E-state index < -0.39 is 0 Å². The summed E-state index contributed by atoms with van der Waals surface area (Å²) in [5, 5.41) is 10.7. The van der Waals surface area contributed by atoms with Crippen molar-refractivity contribution in [2.45, 2.75) is 83.5 Å². The van der Waals surface area contributed by atoms with Crippen LogP contribution in [0.5, 0.6) is 0 Å². The molecule has 2 nitrogen and oxygen atoms in total. The Morgan fingerprint density at radius 1 is 1.00 bits per heavy atom. The quantitative estimate of drug-likeness (QED) is 0.702. The topological polar surface area (TPSA) is 29.5 Å². The van der Waals surface area contributed by atoms with Gasteiger partial charge in [-0.15, -0.1) is 0 Å². The van der Waals surface area contributed by atoms with Gasteiger partial charge in [0.1, 0.15) is 5.60 Å². The third-order valence-corrected chi connectivity index (χ3v) is 6.14. The number of ether oxygens (including phenoxy) is 1. The summed E-state index contributed by atoms with van der Waals surface area (Å²) in [4.78, 5) is 0. The van der Waals surface area contributed by atoms with E-state index in [0.29, 0.717) is 0 Å². The summed E-state index contributed by atoms with van der Waals surface area (Å²) >= 11 is 0. The highest BCUT2D eigenvalue weighted by atomic mass is 16.6. The van der Waals surface area contributed by atoms with E-state index in [1.165, 1.54) is 25.7 Å². The Bertz CT molecular complexity index is 351. The third-order valence-electron chi connectivity index (χ3n) is 6.14. The van der Waals surface area contributed by atoms with Crippen molar-refractivity contribution in [3.8, 4) is 0 Å². The number of aliphatic hydroxyl groups is 1. The molecule has 3 rings (SSSR count). The molecule has 2 heteroatoms. The minimum absolute atomic E-state index is 0.0759. The van der Waals surface area contributed by atoms with Crippen LogP contribution in [0, 0.1) is 10.8 Å². The van der Waals surface area contributed by atoms with Crippen LogP contribution in [0.4, 0.5) is 0 Å². The fraction of sp³-hybridized carbons (Fsp3) is 1.00. The first-order valence-electron chi connectivity index (χ1n) is 7.13. The first-order chi connectivity index (χ1) is 7.75. The van der Waals surface area contributed by atoms with Crippen LogP contribution in [0.3, 0.4) is 0 Å². The van der Waals surface area contributed by atoms with Crippen molar-refractivity contribution in [1.82, 2.24) is 0 Å². The Labute approximate surface area is 105 Å². The predicted octanol–water partition coefficient (Wildman–Crippen LogP) is 3.28. The molecule has 2 saturated heterocycles. The summed E-state index contributed by atoms with van der Waals surface area (Å²) in [6, 6.07) is 0. The Balaban J connectivity index is 2.14. The monoisotopic (exact) mass is 238 g/mol. The molecule has 0 amide bonds. The van der Waals surface area contributed by atoms with Gasteiger partial charge in [-0.3, -0.25) is 0 Å². The standard InChI is InChI=1S/C15H26O2/c1-12(2)6-5-7-13(3)8-9-14(4)10-11(16)15(12,13)17-14/h11,16H,5-10H2,1-4H3. The van der Waals surface area contributed by atoms with Crippen LogP contribution in [0.2, 0.25) is 0 Å². The number of hydrogen-bond donors (Lipinski definition) is 1. The van der Waals surface area contributed by atoms with Gasteiger partial charge in [0.05, 0.1) is 11.7 Å². The SMILES string of the molecule is CC12CCC3(C)CCCC(C)(C)C3(O1)C(O)C2. The highest BCUT2D eigenvalue weighted by Gasteiger charge is 2.71. The van der Waals surface area contributed by atoms with Crippen molar-refractivity contribution < 1.29 is 9.84 Å². The fourth-order valence-corrected chi connectivity index (χ4v) is 5.28. The normalized spacial score (nSPS) is 56.6. The molecule has 0 aromatic rings. The van der Waals surface area contributed by atoms with E-state index in [1.54, 1.807) is 0 Å². The average molecular weight is 238 g/mol. The molecule has 2 aliphatic heterocycles. The number of fused-ring (bicyclic) bond motifs is 1. The lowest BCUT2D eigenvalue weighted by atomic mass is 9.50. The second kappa shape index (κ2) is 3.08. The van der Waals surface area contributed by atoms with Crippen LogP contribution in [0.1, 0.15) is 66.2 Å². The van der Waals surface area contributed by atoms with Gasteiger partial charge in [0.15, 0.2) is 0 Å².